The van der Waals surface area contributed by atoms with E-state index in [-0.39, 0.29) is 22.1 Å². The molecule has 1 atom stereocenters. The molecule has 0 fully saturated rings. The minimum Gasteiger partial charge on any atom is -0.455 e. The highest BCUT2D eigenvalue weighted by Gasteiger charge is 2.37. The number of carbonyl (C=O) groups is 1. The van der Waals surface area contributed by atoms with Crippen LogP contribution in [0.3, 0.4) is 0 Å². The Labute approximate surface area is 209 Å². The normalized spacial score (nSPS) is 15.2. The van der Waals surface area contributed by atoms with E-state index in [9.17, 15) is 13.2 Å². The molecule has 180 valence electrons. The van der Waals surface area contributed by atoms with Crippen molar-refractivity contribution in [3.63, 3.8) is 0 Å². The van der Waals surface area contributed by atoms with Gasteiger partial charge in [-0.2, -0.15) is 8.42 Å². The highest BCUT2D eigenvalue weighted by atomic mass is 35.5. The molecule has 1 aliphatic rings. The van der Waals surface area contributed by atoms with E-state index in [1.807, 2.05) is 7.05 Å². The largest absolute Gasteiger partial charge is 0.455 e. The minimum atomic E-state index is -3.90. The number of halogens is 2. The van der Waals surface area contributed by atoms with Gasteiger partial charge in [0.1, 0.15) is 28.5 Å². The number of fused-ring (bicyclic) bond motifs is 2. The molecular weight excluding hydrogens is 517 g/mol. The van der Waals surface area contributed by atoms with Crippen LogP contribution in [0.2, 0.25) is 10.2 Å². The second-order valence-electron chi connectivity index (χ2n) is 7.74. The molecule has 10 nitrogen and oxygen atoms in total. The van der Waals surface area contributed by atoms with E-state index in [4.69, 9.17) is 32.1 Å². The molecule has 0 radical (unpaired) electrons. The van der Waals surface area contributed by atoms with Crippen LogP contribution in [-0.4, -0.2) is 35.1 Å². The number of nitrogens with zero attached hydrogens (tertiary/aromatic N) is 3. The maximum absolute atomic E-state index is 12.3. The number of aromatic nitrogens is 3. The van der Waals surface area contributed by atoms with Crippen molar-refractivity contribution >= 4 is 67.5 Å². The number of ether oxygens (including phenoxy) is 1. The first kappa shape index (κ1) is 23.4. The fourth-order valence-electron chi connectivity index (χ4n) is 3.76. The lowest BCUT2D eigenvalue weighted by Gasteiger charge is -2.15. The van der Waals surface area contributed by atoms with Crippen molar-refractivity contribution in [3.8, 4) is 11.5 Å². The van der Waals surface area contributed by atoms with Gasteiger partial charge in [0.2, 0.25) is 0 Å². The zero-order chi connectivity index (χ0) is 24.9. The SMILES string of the molecule is Cn1c(Cl)cc2ncnc(Nc3ccc(Oc4cccc5c4C(OS(C)(=O)=O)C(=O)N5)c(Cl)c3)c21. The number of hydrogen-bond acceptors (Lipinski definition) is 8. The first-order valence-electron chi connectivity index (χ1n) is 10.1. The van der Waals surface area contributed by atoms with Gasteiger partial charge in [0.25, 0.3) is 16.0 Å². The number of rotatable bonds is 6. The summed E-state index contributed by atoms with van der Waals surface area (Å²) in [5.41, 5.74) is 2.71. The van der Waals surface area contributed by atoms with Crippen molar-refractivity contribution < 1.29 is 22.1 Å². The fraction of sp³-hybridized carbons (Fsp3) is 0.136. The van der Waals surface area contributed by atoms with Crippen LogP contribution in [0, 0.1) is 0 Å². The van der Waals surface area contributed by atoms with E-state index >= 15 is 0 Å². The molecule has 0 aliphatic carbocycles. The second kappa shape index (κ2) is 8.68. The molecular formula is C22H17Cl2N5O5S. The van der Waals surface area contributed by atoms with Gasteiger partial charge in [0.05, 0.1) is 28.0 Å². The summed E-state index contributed by atoms with van der Waals surface area (Å²) >= 11 is 12.7. The molecule has 5 rings (SSSR count). The van der Waals surface area contributed by atoms with Crippen LogP contribution in [0.5, 0.6) is 11.5 Å². The van der Waals surface area contributed by atoms with Crippen LogP contribution < -0.4 is 15.4 Å². The number of anilines is 3. The number of benzene rings is 2. The number of nitrogens with one attached hydrogen (secondary N) is 2. The van der Waals surface area contributed by atoms with Crippen molar-refractivity contribution in [2.75, 3.05) is 16.9 Å². The highest BCUT2D eigenvalue weighted by Crippen LogP contribution is 2.43. The molecule has 1 aliphatic heterocycles. The molecule has 2 aromatic heterocycles. The standard InChI is InChI=1S/C22H17Cl2N5O5S/c1-29-17(24)9-14-19(29)21(26-10-25-14)27-11-6-7-15(12(23)8-11)33-16-5-3-4-13-18(16)20(22(30)28-13)34-35(2,31)32/h3-10,20H,1-2H3,(H,28,30)(H,25,26,27). The van der Waals surface area contributed by atoms with Crippen LogP contribution in [0.1, 0.15) is 11.7 Å². The molecule has 0 saturated carbocycles. The van der Waals surface area contributed by atoms with Gasteiger partial charge in [-0.15, -0.1) is 0 Å². The Morgan fingerprint density at radius 1 is 1.11 bits per heavy atom. The van der Waals surface area contributed by atoms with Gasteiger partial charge in [0, 0.05) is 18.8 Å². The summed E-state index contributed by atoms with van der Waals surface area (Å²) in [5, 5.41) is 6.58. The molecule has 35 heavy (non-hydrogen) atoms. The first-order chi connectivity index (χ1) is 16.6. The lowest BCUT2D eigenvalue weighted by molar-refractivity contribution is -0.122. The molecule has 0 bridgehead atoms. The summed E-state index contributed by atoms with van der Waals surface area (Å²) in [6, 6.07) is 11.6. The zero-order valence-corrected chi connectivity index (χ0v) is 20.6. The average Bonchev–Trinajstić information content (AvgIpc) is 3.25. The molecule has 1 unspecified atom stereocenters. The lowest BCUT2D eigenvalue weighted by Crippen LogP contribution is -2.18. The molecule has 1 amide bonds. The third kappa shape index (κ3) is 4.50. The molecule has 2 aromatic carbocycles. The lowest BCUT2D eigenvalue weighted by atomic mass is 10.1. The minimum absolute atomic E-state index is 0.230. The van der Waals surface area contributed by atoms with Gasteiger partial charge in [-0.1, -0.05) is 29.3 Å². The predicted octanol–water partition coefficient (Wildman–Crippen LogP) is 4.78. The number of amides is 1. The van der Waals surface area contributed by atoms with Crippen LogP contribution in [0.4, 0.5) is 17.2 Å². The third-order valence-corrected chi connectivity index (χ3v) is 6.47. The monoisotopic (exact) mass is 533 g/mol. The van der Waals surface area contributed by atoms with Crippen molar-refractivity contribution in [1.29, 1.82) is 0 Å². The summed E-state index contributed by atoms with van der Waals surface area (Å²) in [5.74, 6) is 0.454. The number of aryl methyl sites for hydroxylation is 1. The Morgan fingerprint density at radius 3 is 2.66 bits per heavy atom. The topological polar surface area (TPSA) is 124 Å². The van der Waals surface area contributed by atoms with Crippen LogP contribution in [0.25, 0.3) is 11.0 Å². The molecule has 4 aromatic rings. The van der Waals surface area contributed by atoms with Crippen LogP contribution in [0.15, 0.2) is 48.8 Å². The second-order valence-corrected chi connectivity index (χ2v) is 10.1. The molecule has 3 heterocycles. The van der Waals surface area contributed by atoms with Crippen molar-refractivity contribution in [1.82, 2.24) is 14.5 Å². The van der Waals surface area contributed by atoms with Gasteiger partial charge >= 0.3 is 0 Å². The smallest absolute Gasteiger partial charge is 0.265 e. The Balaban J connectivity index is 1.44. The van der Waals surface area contributed by atoms with Gasteiger partial charge in [-0.3, -0.25) is 8.98 Å². The molecule has 0 saturated heterocycles. The molecule has 2 N–H and O–H groups in total. The highest BCUT2D eigenvalue weighted by molar-refractivity contribution is 7.86. The van der Waals surface area contributed by atoms with E-state index in [0.717, 1.165) is 11.8 Å². The first-order valence-corrected chi connectivity index (χ1v) is 12.7. The number of hydrogen-bond donors (Lipinski definition) is 2. The Morgan fingerprint density at radius 2 is 1.91 bits per heavy atom. The zero-order valence-electron chi connectivity index (χ0n) is 18.2. The van der Waals surface area contributed by atoms with Crippen molar-refractivity contribution in [2.45, 2.75) is 6.10 Å². The van der Waals surface area contributed by atoms with Gasteiger partial charge in [0.15, 0.2) is 11.9 Å². The van der Waals surface area contributed by atoms with E-state index in [1.54, 1.807) is 47.0 Å². The fourth-order valence-corrected chi connectivity index (χ4v) is 4.70. The maximum Gasteiger partial charge on any atom is 0.265 e. The van der Waals surface area contributed by atoms with Gasteiger partial charge < -0.3 is 19.9 Å². The Kier molecular flexibility index (Phi) is 5.80. The Bertz CT molecular complexity index is 1610. The molecule has 13 heteroatoms. The molecule has 0 spiro atoms. The van der Waals surface area contributed by atoms with E-state index in [1.165, 1.54) is 6.33 Å². The number of carbonyl (C=O) groups excluding carboxylic acids is 1. The summed E-state index contributed by atoms with van der Waals surface area (Å²) in [7, 11) is -2.10. The predicted molar refractivity (Wildman–Crippen MR) is 132 cm³/mol. The third-order valence-electron chi connectivity index (χ3n) is 5.27. The summed E-state index contributed by atoms with van der Waals surface area (Å²) in [4.78, 5) is 20.8. The van der Waals surface area contributed by atoms with Crippen molar-refractivity contribution in [2.24, 2.45) is 7.05 Å². The van der Waals surface area contributed by atoms with Gasteiger partial charge in [-0.25, -0.2) is 9.97 Å². The van der Waals surface area contributed by atoms with Crippen molar-refractivity contribution in [3.05, 3.63) is 64.5 Å². The maximum atomic E-state index is 12.3. The van der Waals surface area contributed by atoms with E-state index < -0.39 is 22.1 Å². The Hall–Kier alpha value is -3.38. The van der Waals surface area contributed by atoms with Crippen LogP contribution in [-0.2, 0) is 26.1 Å². The van der Waals surface area contributed by atoms with Gasteiger partial charge in [-0.05, 0) is 30.3 Å². The summed E-state index contributed by atoms with van der Waals surface area (Å²) in [6.07, 6.45) is 0.938. The quantitative estimate of drug-likeness (QED) is 0.339. The van der Waals surface area contributed by atoms with E-state index in [2.05, 4.69) is 20.6 Å². The summed E-state index contributed by atoms with van der Waals surface area (Å²) in [6.45, 7) is 0. The summed E-state index contributed by atoms with van der Waals surface area (Å²) < 4.78 is 36.1. The van der Waals surface area contributed by atoms with E-state index in [0.29, 0.717) is 27.9 Å². The van der Waals surface area contributed by atoms with Crippen LogP contribution >= 0.6 is 23.2 Å². The average molecular weight is 534 g/mol.